The second-order valence-corrected chi connectivity index (χ2v) is 9.61. The first-order valence-electron chi connectivity index (χ1n) is 10.5. The van der Waals surface area contributed by atoms with Crippen LogP contribution in [0.2, 0.25) is 5.02 Å². The quantitative estimate of drug-likeness (QED) is 0.555. The molecule has 0 N–H and O–H groups in total. The smallest absolute Gasteiger partial charge is 0.410 e. The van der Waals surface area contributed by atoms with E-state index in [2.05, 4.69) is 0 Å². The van der Waals surface area contributed by atoms with E-state index in [0.717, 1.165) is 11.1 Å². The number of para-hydroxylation sites is 1. The average Bonchev–Trinajstić information content (AvgIpc) is 2.98. The van der Waals surface area contributed by atoms with Crippen LogP contribution >= 0.6 is 11.6 Å². The summed E-state index contributed by atoms with van der Waals surface area (Å²) in [5.41, 5.74) is 0.257. The molecule has 1 unspecified atom stereocenters. The van der Waals surface area contributed by atoms with Gasteiger partial charge in [0.15, 0.2) is 5.60 Å². The summed E-state index contributed by atoms with van der Waals surface area (Å²) in [5.74, 6) is -0.457. The van der Waals surface area contributed by atoms with Gasteiger partial charge in [0.1, 0.15) is 17.2 Å². The van der Waals surface area contributed by atoms with Crippen molar-refractivity contribution in [2.24, 2.45) is 0 Å². The van der Waals surface area contributed by atoms with Crippen LogP contribution in [0.3, 0.4) is 0 Å². The van der Waals surface area contributed by atoms with Crippen molar-refractivity contribution in [2.75, 3.05) is 13.1 Å². The molecule has 2 heterocycles. The summed E-state index contributed by atoms with van der Waals surface area (Å²) >= 11 is 5.88. The normalized spacial score (nSPS) is 20.5. The molecule has 0 aromatic heterocycles. The lowest BCUT2D eigenvalue weighted by Gasteiger charge is -2.30. The maximum atomic E-state index is 14.7. The molecular formula is C25H25ClFNO4. The van der Waals surface area contributed by atoms with Crippen molar-refractivity contribution in [3.63, 3.8) is 0 Å². The first-order valence-corrected chi connectivity index (χ1v) is 10.9. The van der Waals surface area contributed by atoms with Gasteiger partial charge in [0.05, 0.1) is 5.56 Å². The van der Waals surface area contributed by atoms with Crippen molar-refractivity contribution in [1.29, 1.82) is 0 Å². The van der Waals surface area contributed by atoms with E-state index in [4.69, 9.17) is 21.1 Å². The fourth-order valence-corrected chi connectivity index (χ4v) is 4.20. The summed E-state index contributed by atoms with van der Waals surface area (Å²) < 4.78 is 26.3. The van der Waals surface area contributed by atoms with Gasteiger partial charge < -0.3 is 14.4 Å². The summed E-state index contributed by atoms with van der Waals surface area (Å²) in [4.78, 5) is 27.2. The molecule has 2 aliphatic rings. The minimum absolute atomic E-state index is 0.141. The van der Waals surface area contributed by atoms with Gasteiger partial charge in [0.25, 0.3) is 0 Å². The standard InChI is InChI=1S/C25H25ClFNO4/c1-24(2,3)32-23(30)28-12-10-15(11-13-28)17-6-5-7-18-21(17)31-25(4,22(18)29)19-9-8-16(26)14-20(19)27/h5-10,14H,11-13H2,1-4H3. The summed E-state index contributed by atoms with van der Waals surface area (Å²) in [6.45, 7) is 7.95. The van der Waals surface area contributed by atoms with Crippen molar-refractivity contribution in [2.45, 2.75) is 45.3 Å². The van der Waals surface area contributed by atoms with Crippen LogP contribution < -0.4 is 4.74 Å². The van der Waals surface area contributed by atoms with E-state index in [0.29, 0.717) is 30.8 Å². The van der Waals surface area contributed by atoms with Crippen LogP contribution in [0.25, 0.3) is 5.57 Å². The Kier molecular flexibility index (Phi) is 5.53. The number of Topliss-reactive ketones (excluding diaryl/α,β-unsaturated/α-hetero) is 1. The number of fused-ring (bicyclic) bond motifs is 1. The summed E-state index contributed by atoms with van der Waals surface area (Å²) in [5, 5.41) is 0.250. The van der Waals surface area contributed by atoms with Gasteiger partial charge in [-0.05, 0) is 57.9 Å². The molecule has 4 rings (SSSR count). The largest absolute Gasteiger partial charge is 0.473 e. The molecule has 5 nitrogen and oxygen atoms in total. The van der Waals surface area contributed by atoms with Gasteiger partial charge in [-0.3, -0.25) is 4.79 Å². The second kappa shape index (κ2) is 7.93. The highest BCUT2D eigenvalue weighted by Crippen LogP contribution is 2.46. The molecule has 0 spiro atoms. The van der Waals surface area contributed by atoms with E-state index < -0.39 is 17.0 Å². The van der Waals surface area contributed by atoms with Gasteiger partial charge in [-0.15, -0.1) is 0 Å². The van der Waals surface area contributed by atoms with Gasteiger partial charge >= 0.3 is 6.09 Å². The topological polar surface area (TPSA) is 55.8 Å². The molecule has 0 radical (unpaired) electrons. The number of ketones is 1. The minimum Gasteiger partial charge on any atom is -0.473 e. The third-order valence-corrected chi connectivity index (χ3v) is 5.89. The Morgan fingerprint density at radius 1 is 1.22 bits per heavy atom. The predicted molar refractivity (Wildman–Crippen MR) is 121 cm³/mol. The lowest BCUT2D eigenvalue weighted by molar-refractivity contribution is 0.0270. The first-order chi connectivity index (χ1) is 15.0. The molecule has 2 aromatic carbocycles. The minimum atomic E-state index is -1.48. The highest BCUT2D eigenvalue weighted by Gasteiger charge is 2.48. The number of rotatable bonds is 2. The Morgan fingerprint density at radius 3 is 2.56 bits per heavy atom. The molecule has 0 fully saturated rings. The first kappa shape index (κ1) is 22.3. The van der Waals surface area contributed by atoms with Crippen LogP contribution in [0, 0.1) is 5.82 Å². The molecule has 7 heteroatoms. The van der Waals surface area contributed by atoms with Crippen LogP contribution in [0.5, 0.6) is 5.75 Å². The lowest BCUT2D eigenvalue weighted by Crippen LogP contribution is -2.39. The number of hydrogen-bond acceptors (Lipinski definition) is 4. The molecule has 1 amide bonds. The monoisotopic (exact) mass is 457 g/mol. The van der Waals surface area contributed by atoms with Crippen molar-refractivity contribution in [1.82, 2.24) is 4.90 Å². The Bertz CT molecular complexity index is 1140. The van der Waals surface area contributed by atoms with Crippen LogP contribution in [0.15, 0.2) is 42.5 Å². The molecule has 0 aliphatic carbocycles. The third-order valence-electron chi connectivity index (χ3n) is 5.65. The molecule has 168 valence electrons. The van der Waals surface area contributed by atoms with Gasteiger partial charge in [-0.1, -0.05) is 35.9 Å². The van der Waals surface area contributed by atoms with Crippen molar-refractivity contribution >= 4 is 29.1 Å². The second-order valence-electron chi connectivity index (χ2n) is 9.18. The van der Waals surface area contributed by atoms with Crippen LogP contribution in [0.1, 0.15) is 55.6 Å². The maximum absolute atomic E-state index is 14.7. The van der Waals surface area contributed by atoms with E-state index in [1.165, 1.54) is 12.1 Å². The van der Waals surface area contributed by atoms with E-state index in [-0.39, 0.29) is 22.5 Å². The summed E-state index contributed by atoms with van der Waals surface area (Å²) in [7, 11) is 0. The number of benzene rings is 2. The van der Waals surface area contributed by atoms with Crippen molar-refractivity contribution in [3.8, 4) is 5.75 Å². The number of amides is 1. The van der Waals surface area contributed by atoms with Crippen LogP contribution in [-0.4, -0.2) is 35.5 Å². The molecule has 2 aromatic rings. The molecule has 1 atom stereocenters. The Labute approximate surface area is 191 Å². The fourth-order valence-electron chi connectivity index (χ4n) is 4.05. The van der Waals surface area contributed by atoms with Gasteiger partial charge in [0.2, 0.25) is 5.78 Å². The number of nitrogens with zero attached hydrogens (tertiary/aromatic N) is 1. The lowest BCUT2D eigenvalue weighted by atomic mass is 9.88. The van der Waals surface area contributed by atoms with E-state index in [1.54, 1.807) is 30.0 Å². The van der Waals surface area contributed by atoms with E-state index in [9.17, 15) is 14.0 Å². The summed E-state index contributed by atoms with van der Waals surface area (Å²) in [6.07, 6.45) is 2.16. The highest BCUT2D eigenvalue weighted by molar-refractivity contribution is 6.30. The molecule has 0 bridgehead atoms. The molecule has 32 heavy (non-hydrogen) atoms. The number of halogens is 2. The third kappa shape index (κ3) is 3.99. The number of ether oxygens (including phenoxy) is 2. The molecule has 0 saturated heterocycles. The summed E-state index contributed by atoms with van der Waals surface area (Å²) in [6, 6.07) is 9.57. The molecule has 2 aliphatic heterocycles. The highest BCUT2D eigenvalue weighted by atomic mass is 35.5. The average molecular weight is 458 g/mol. The zero-order valence-electron chi connectivity index (χ0n) is 18.5. The fraction of sp³-hybridized carbons (Fsp3) is 0.360. The van der Waals surface area contributed by atoms with Crippen molar-refractivity contribution in [3.05, 3.63) is 70.0 Å². The van der Waals surface area contributed by atoms with Crippen molar-refractivity contribution < 1.29 is 23.5 Å². The molecular weight excluding hydrogens is 433 g/mol. The van der Waals surface area contributed by atoms with E-state index in [1.807, 2.05) is 32.9 Å². The van der Waals surface area contributed by atoms with Crippen LogP contribution in [-0.2, 0) is 10.3 Å². The van der Waals surface area contributed by atoms with Gasteiger partial charge in [-0.2, -0.15) is 0 Å². The number of carbonyl (C=O) groups excluding carboxylic acids is 2. The van der Waals surface area contributed by atoms with Gasteiger partial charge in [-0.25, -0.2) is 9.18 Å². The van der Waals surface area contributed by atoms with Crippen LogP contribution in [0.4, 0.5) is 9.18 Å². The number of carbonyl (C=O) groups is 2. The Morgan fingerprint density at radius 2 is 1.94 bits per heavy atom. The SMILES string of the molecule is CC(C)(C)OC(=O)N1CC=C(c2cccc3c2OC(C)(c2ccc(Cl)cc2F)C3=O)CC1. The maximum Gasteiger partial charge on any atom is 0.410 e. The zero-order chi connectivity index (χ0) is 23.3. The zero-order valence-corrected chi connectivity index (χ0v) is 19.3. The number of hydrogen-bond donors (Lipinski definition) is 0. The Hall–Kier alpha value is -2.86. The van der Waals surface area contributed by atoms with Gasteiger partial charge in [0, 0.05) is 29.2 Å². The van der Waals surface area contributed by atoms with E-state index >= 15 is 0 Å². The molecule has 0 saturated carbocycles. The Balaban J connectivity index is 1.62. The predicted octanol–water partition coefficient (Wildman–Crippen LogP) is 5.99.